The van der Waals surface area contributed by atoms with E-state index in [9.17, 15) is 4.79 Å². The van der Waals surface area contributed by atoms with E-state index >= 15 is 0 Å². The van der Waals surface area contributed by atoms with Gasteiger partial charge >= 0.3 is 0 Å². The van der Waals surface area contributed by atoms with Crippen molar-refractivity contribution in [3.05, 3.63) is 11.7 Å². The first kappa shape index (κ1) is 14.6. The van der Waals surface area contributed by atoms with Gasteiger partial charge in [0.25, 0.3) is 0 Å². The maximum atomic E-state index is 11.2. The van der Waals surface area contributed by atoms with E-state index in [1.165, 1.54) is 0 Å². The van der Waals surface area contributed by atoms with Crippen LogP contribution in [0.15, 0.2) is 4.52 Å². The molecule has 0 aromatic carbocycles. The molecule has 0 aliphatic carbocycles. The second-order valence-corrected chi connectivity index (χ2v) is 4.73. The lowest BCUT2D eigenvalue weighted by molar-refractivity contribution is -0.121. The minimum Gasteiger partial charge on any atom is -0.359 e. The van der Waals surface area contributed by atoms with E-state index in [2.05, 4.69) is 15.5 Å². The van der Waals surface area contributed by atoms with Gasteiger partial charge in [0.05, 0.1) is 6.04 Å². The molecule has 0 aliphatic heterocycles. The fourth-order valence-corrected chi connectivity index (χ4v) is 1.44. The van der Waals surface area contributed by atoms with Crippen molar-refractivity contribution in [2.45, 2.75) is 39.2 Å². The largest absolute Gasteiger partial charge is 0.359 e. The molecule has 0 saturated heterocycles. The molecule has 0 aliphatic rings. The maximum absolute atomic E-state index is 11.2. The Hall–Kier alpha value is -1.43. The van der Waals surface area contributed by atoms with Gasteiger partial charge in [-0.15, -0.1) is 0 Å². The van der Waals surface area contributed by atoms with Gasteiger partial charge < -0.3 is 9.84 Å². The van der Waals surface area contributed by atoms with E-state index in [0.717, 1.165) is 5.82 Å². The van der Waals surface area contributed by atoms with Crippen molar-refractivity contribution >= 4 is 5.91 Å². The highest BCUT2D eigenvalue weighted by Crippen LogP contribution is 2.19. The fourth-order valence-electron chi connectivity index (χ4n) is 1.44. The maximum Gasteiger partial charge on any atom is 0.243 e. The van der Waals surface area contributed by atoms with Crippen molar-refractivity contribution in [3.8, 4) is 0 Å². The first-order chi connectivity index (χ1) is 8.45. The predicted octanol–water partition coefficient (Wildman–Crippen LogP) is 1.32. The van der Waals surface area contributed by atoms with E-state index in [4.69, 9.17) is 4.52 Å². The zero-order chi connectivity index (χ0) is 13.7. The Bertz CT molecular complexity index is 389. The molecule has 102 valence electrons. The Morgan fingerprint density at radius 1 is 1.44 bits per heavy atom. The molecule has 1 N–H and O–H groups in total. The third-order valence-corrected chi connectivity index (χ3v) is 2.96. The standard InChI is InChI=1S/C12H22N4O2/c1-8(2)11-14-12(18-15-11)9(3)16(5)7-6-10(17)13-4/h8-9H,6-7H2,1-5H3,(H,13,17)/t9-/m1/s1. The Kier molecular flexibility index (Phi) is 5.27. The average molecular weight is 254 g/mol. The molecule has 1 aromatic heterocycles. The third-order valence-electron chi connectivity index (χ3n) is 2.96. The highest BCUT2D eigenvalue weighted by Gasteiger charge is 2.19. The van der Waals surface area contributed by atoms with Gasteiger partial charge in [0.1, 0.15) is 0 Å². The smallest absolute Gasteiger partial charge is 0.243 e. The van der Waals surface area contributed by atoms with Gasteiger partial charge in [0, 0.05) is 25.9 Å². The molecule has 6 heteroatoms. The molecule has 6 nitrogen and oxygen atoms in total. The summed E-state index contributed by atoms with van der Waals surface area (Å²) in [6.45, 7) is 6.69. The minimum atomic E-state index is 0.00894. The molecule has 0 spiro atoms. The molecule has 0 fully saturated rings. The van der Waals surface area contributed by atoms with Crippen LogP contribution in [0.5, 0.6) is 0 Å². The molecule has 1 aromatic rings. The summed E-state index contributed by atoms with van der Waals surface area (Å²) >= 11 is 0. The lowest BCUT2D eigenvalue weighted by Crippen LogP contribution is -2.28. The Morgan fingerprint density at radius 2 is 2.11 bits per heavy atom. The summed E-state index contributed by atoms with van der Waals surface area (Å²) in [4.78, 5) is 17.6. The number of rotatable bonds is 6. The summed E-state index contributed by atoms with van der Waals surface area (Å²) in [6, 6.07) is 0.00894. The van der Waals surface area contributed by atoms with Crippen LogP contribution in [0.3, 0.4) is 0 Å². The highest BCUT2D eigenvalue weighted by atomic mass is 16.5. The summed E-state index contributed by atoms with van der Waals surface area (Å²) in [5.41, 5.74) is 0. The third kappa shape index (κ3) is 3.80. The quantitative estimate of drug-likeness (QED) is 0.829. The first-order valence-corrected chi connectivity index (χ1v) is 6.20. The topological polar surface area (TPSA) is 71.3 Å². The summed E-state index contributed by atoms with van der Waals surface area (Å²) in [5.74, 6) is 1.60. The molecule has 1 atom stereocenters. The number of nitrogens with zero attached hydrogens (tertiary/aromatic N) is 3. The SMILES string of the molecule is CNC(=O)CCN(C)[C@H](C)c1nc(C(C)C)no1. The molecular formula is C12H22N4O2. The number of amides is 1. The van der Waals surface area contributed by atoms with Crippen molar-refractivity contribution in [1.82, 2.24) is 20.4 Å². The summed E-state index contributed by atoms with van der Waals surface area (Å²) in [5, 5.41) is 6.54. The van der Waals surface area contributed by atoms with E-state index in [1.807, 2.05) is 32.7 Å². The summed E-state index contributed by atoms with van der Waals surface area (Å²) < 4.78 is 5.24. The van der Waals surface area contributed by atoms with Crippen LogP contribution in [-0.2, 0) is 4.79 Å². The Balaban J connectivity index is 2.56. The average Bonchev–Trinajstić information content (AvgIpc) is 2.84. The van der Waals surface area contributed by atoms with Gasteiger partial charge in [-0.1, -0.05) is 19.0 Å². The normalized spacial score (nSPS) is 13.1. The second kappa shape index (κ2) is 6.49. The van der Waals surface area contributed by atoms with Gasteiger partial charge in [-0.25, -0.2) is 0 Å². The zero-order valence-corrected chi connectivity index (χ0v) is 11.7. The second-order valence-electron chi connectivity index (χ2n) is 4.73. The van der Waals surface area contributed by atoms with Crippen molar-refractivity contribution in [1.29, 1.82) is 0 Å². The van der Waals surface area contributed by atoms with Gasteiger partial charge in [-0.05, 0) is 14.0 Å². The van der Waals surface area contributed by atoms with E-state index in [-0.39, 0.29) is 17.9 Å². The highest BCUT2D eigenvalue weighted by molar-refractivity contribution is 5.75. The molecule has 18 heavy (non-hydrogen) atoms. The number of hydrogen-bond donors (Lipinski definition) is 1. The Labute approximate surface area is 108 Å². The predicted molar refractivity (Wildman–Crippen MR) is 68.1 cm³/mol. The Morgan fingerprint density at radius 3 is 2.61 bits per heavy atom. The number of carbonyl (C=O) groups is 1. The molecule has 0 unspecified atom stereocenters. The monoisotopic (exact) mass is 254 g/mol. The number of carbonyl (C=O) groups excluding carboxylic acids is 1. The van der Waals surface area contributed by atoms with E-state index in [1.54, 1.807) is 7.05 Å². The van der Waals surface area contributed by atoms with Crippen LogP contribution in [0.1, 0.15) is 50.9 Å². The molecule has 0 bridgehead atoms. The number of aromatic nitrogens is 2. The molecule has 1 amide bonds. The summed E-state index contributed by atoms with van der Waals surface area (Å²) in [7, 11) is 3.57. The van der Waals surface area contributed by atoms with Crippen LogP contribution in [0.2, 0.25) is 0 Å². The number of nitrogens with one attached hydrogen (secondary N) is 1. The van der Waals surface area contributed by atoms with E-state index < -0.39 is 0 Å². The van der Waals surface area contributed by atoms with Crippen LogP contribution in [-0.4, -0.2) is 41.6 Å². The zero-order valence-electron chi connectivity index (χ0n) is 11.7. The fraction of sp³-hybridized carbons (Fsp3) is 0.750. The van der Waals surface area contributed by atoms with Crippen LogP contribution in [0, 0.1) is 0 Å². The number of hydrogen-bond acceptors (Lipinski definition) is 5. The molecule has 1 heterocycles. The minimum absolute atomic E-state index is 0.00894. The van der Waals surface area contributed by atoms with Crippen molar-refractivity contribution in [2.75, 3.05) is 20.6 Å². The van der Waals surface area contributed by atoms with Gasteiger partial charge in [0.15, 0.2) is 5.82 Å². The molecular weight excluding hydrogens is 232 g/mol. The van der Waals surface area contributed by atoms with Crippen LogP contribution in [0.25, 0.3) is 0 Å². The van der Waals surface area contributed by atoms with Crippen LogP contribution in [0.4, 0.5) is 0 Å². The van der Waals surface area contributed by atoms with Gasteiger partial charge in [-0.2, -0.15) is 4.98 Å². The first-order valence-electron chi connectivity index (χ1n) is 6.20. The molecule has 1 rings (SSSR count). The van der Waals surface area contributed by atoms with Crippen molar-refractivity contribution in [2.24, 2.45) is 0 Å². The van der Waals surface area contributed by atoms with Gasteiger partial charge in [-0.3, -0.25) is 9.69 Å². The lowest BCUT2D eigenvalue weighted by Gasteiger charge is -2.20. The molecule has 0 radical (unpaired) electrons. The van der Waals surface area contributed by atoms with Crippen molar-refractivity contribution < 1.29 is 9.32 Å². The summed E-state index contributed by atoms with van der Waals surface area (Å²) in [6.07, 6.45) is 0.461. The van der Waals surface area contributed by atoms with Crippen LogP contribution < -0.4 is 5.32 Å². The lowest BCUT2D eigenvalue weighted by atomic mass is 10.2. The van der Waals surface area contributed by atoms with E-state index in [0.29, 0.717) is 18.9 Å². The van der Waals surface area contributed by atoms with Crippen molar-refractivity contribution in [3.63, 3.8) is 0 Å². The van der Waals surface area contributed by atoms with Crippen LogP contribution >= 0.6 is 0 Å². The molecule has 0 saturated carbocycles. The van der Waals surface area contributed by atoms with Gasteiger partial charge in [0.2, 0.25) is 11.8 Å².